The Labute approximate surface area is 150 Å². The zero-order valence-electron chi connectivity index (χ0n) is 16.2. The standard InChI is InChI=1S/C20H32O5/c1-7-17-11(2)8-9-16(21)12(3)10-13(4)18(22)14(5)19(23)15(6)20(24)25-17/h8-9,11-15,17-18,22H,7,10H2,1-6H3/b9-8+/t11-,12-,13?,14-,15-,17?,18+/m1/s1. The van der Waals surface area contributed by atoms with Crippen molar-refractivity contribution in [3.63, 3.8) is 0 Å². The van der Waals surface area contributed by atoms with Crippen molar-refractivity contribution in [3.05, 3.63) is 12.2 Å². The van der Waals surface area contributed by atoms with Crippen LogP contribution in [0.4, 0.5) is 0 Å². The van der Waals surface area contributed by atoms with E-state index in [0.717, 1.165) is 0 Å². The van der Waals surface area contributed by atoms with Gasteiger partial charge in [0.05, 0.1) is 6.10 Å². The molecule has 1 aliphatic heterocycles. The number of carbonyl (C=O) groups excluding carboxylic acids is 3. The molecule has 142 valence electrons. The number of allylic oxidation sites excluding steroid dienone is 1. The van der Waals surface area contributed by atoms with E-state index in [9.17, 15) is 19.5 Å². The predicted molar refractivity (Wildman–Crippen MR) is 95.8 cm³/mol. The number of ether oxygens (including phenoxy) is 1. The van der Waals surface area contributed by atoms with Gasteiger partial charge in [0, 0.05) is 17.8 Å². The van der Waals surface area contributed by atoms with Gasteiger partial charge < -0.3 is 9.84 Å². The fraction of sp³-hybridized carbons (Fsp3) is 0.750. The number of cyclic esters (lactones) is 1. The molecule has 25 heavy (non-hydrogen) atoms. The maximum absolute atomic E-state index is 12.6. The molecule has 1 aliphatic rings. The van der Waals surface area contributed by atoms with Crippen molar-refractivity contribution in [1.82, 2.24) is 0 Å². The summed E-state index contributed by atoms with van der Waals surface area (Å²) in [7, 11) is 0. The summed E-state index contributed by atoms with van der Waals surface area (Å²) in [6.45, 7) is 10.6. The Morgan fingerprint density at radius 1 is 1.12 bits per heavy atom. The molecule has 1 heterocycles. The SMILES string of the molecule is CCC1OC(=O)[C@H](C)C(=O)[C@H](C)[C@@H](O)C(C)C[C@@H](C)C(=O)/C=C/[C@H]1C. The van der Waals surface area contributed by atoms with Crippen molar-refractivity contribution < 1.29 is 24.2 Å². The van der Waals surface area contributed by atoms with Crippen molar-refractivity contribution in [1.29, 1.82) is 0 Å². The van der Waals surface area contributed by atoms with Gasteiger partial charge >= 0.3 is 5.97 Å². The van der Waals surface area contributed by atoms with Gasteiger partial charge in [-0.1, -0.05) is 40.7 Å². The summed E-state index contributed by atoms with van der Waals surface area (Å²) in [5, 5.41) is 10.5. The second-order valence-electron chi connectivity index (χ2n) is 7.52. The van der Waals surface area contributed by atoms with Crippen molar-refractivity contribution in [2.45, 2.75) is 66.6 Å². The monoisotopic (exact) mass is 352 g/mol. The van der Waals surface area contributed by atoms with Gasteiger partial charge in [-0.3, -0.25) is 14.4 Å². The van der Waals surface area contributed by atoms with E-state index in [1.807, 2.05) is 27.7 Å². The Morgan fingerprint density at radius 2 is 1.72 bits per heavy atom. The Hall–Kier alpha value is -1.49. The average molecular weight is 352 g/mol. The summed E-state index contributed by atoms with van der Waals surface area (Å²) < 4.78 is 5.51. The van der Waals surface area contributed by atoms with Crippen molar-refractivity contribution in [3.8, 4) is 0 Å². The fourth-order valence-corrected chi connectivity index (χ4v) is 3.33. The molecule has 0 spiro atoms. The molecule has 1 rings (SSSR count). The molecule has 5 nitrogen and oxygen atoms in total. The summed E-state index contributed by atoms with van der Waals surface area (Å²) in [5.41, 5.74) is 0. The van der Waals surface area contributed by atoms with Crippen LogP contribution in [0.5, 0.6) is 0 Å². The summed E-state index contributed by atoms with van der Waals surface area (Å²) in [4.78, 5) is 37.2. The molecular formula is C20H32O5. The van der Waals surface area contributed by atoms with Gasteiger partial charge in [-0.25, -0.2) is 0 Å². The third kappa shape index (κ3) is 5.50. The molecule has 0 bridgehead atoms. The molecule has 0 aliphatic carbocycles. The van der Waals surface area contributed by atoms with Gasteiger partial charge in [0.15, 0.2) is 11.6 Å². The third-order valence-corrected chi connectivity index (χ3v) is 5.36. The highest BCUT2D eigenvalue weighted by Crippen LogP contribution is 2.25. The number of rotatable bonds is 1. The van der Waals surface area contributed by atoms with Gasteiger partial charge in [-0.2, -0.15) is 0 Å². The molecule has 0 aromatic carbocycles. The first-order chi connectivity index (χ1) is 11.6. The minimum Gasteiger partial charge on any atom is -0.461 e. The van der Waals surface area contributed by atoms with Crippen LogP contribution >= 0.6 is 0 Å². The number of Topliss-reactive ketones (excluding diaryl/α,β-unsaturated/α-hetero) is 1. The lowest BCUT2D eigenvalue weighted by Gasteiger charge is -2.28. The van der Waals surface area contributed by atoms with E-state index in [0.29, 0.717) is 12.8 Å². The van der Waals surface area contributed by atoms with Crippen LogP contribution in [0.1, 0.15) is 54.4 Å². The maximum Gasteiger partial charge on any atom is 0.316 e. The first kappa shape index (κ1) is 21.6. The highest BCUT2D eigenvalue weighted by molar-refractivity contribution is 6.00. The number of esters is 1. The van der Waals surface area contributed by atoms with Gasteiger partial charge in [0.2, 0.25) is 0 Å². The van der Waals surface area contributed by atoms with Crippen molar-refractivity contribution in [2.75, 3.05) is 0 Å². The molecule has 1 N–H and O–H groups in total. The first-order valence-corrected chi connectivity index (χ1v) is 9.24. The van der Waals surface area contributed by atoms with Gasteiger partial charge in [0.25, 0.3) is 0 Å². The fourth-order valence-electron chi connectivity index (χ4n) is 3.33. The number of aliphatic hydroxyl groups is 1. The zero-order chi connectivity index (χ0) is 19.3. The van der Waals surface area contributed by atoms with E-state index in [4.69, 9.17) is 4.74 Å². The summed E-state index contributed by atoms with van der Waals surface area (Å²) in [5.74, 6) is -3.08. The Kier molecular flexibility index (Phi) is 8.00. The van der Waals surface area contributed by atoms with Crippen LogP contribution in [0.25, 0.3) is 0 Å². The van der Waals surface area contributed by atoms with E-state index >= 15 is 0 Å². The van der Waals surface area contributed by atoms with Crippen LogP contribution in [0.2, 0.25) is 0 Å². The second kappa shape index (κ2) is 9.27. The topological polar surface area (TPSA) is 80.7 Å². The highest BCUT2D eigenvalue weighted by Gasteiger charge is 2.35. The predicted octanol–water partition coefficient (Wildman–Crippen LogP) is 2.95. The van der Waals surface area contributed by atoms with E-state index < -0.39 is 23.9 Å². The highest BCUT2D eigenvalue weighted by atomic mass is 16.5. The number of hydrogen-bond acceptors (Lipinski definition) is 5. The lowest BCUT2D eigenvalue weighted by Crippen LogP contribution is -2.39. The molecule has 0 amide bonds. The minimum atomic E-state index is -0.913. The number of hydrogen-bond donors (Lipinski definition) is 1. The van der Waals surface area contributed by atoms with Gasteiger partial charge in [-0.15, -0.1) is 0 Å². The lowest BCUT2D eigenvalue weighted by molar-refractivity contribution is -0.159. The Bertz CT molecular complexity index is 524. The molecule has 5 heteroatoms. The summed E-state index contributed by atoms with van der Waals surface area (Å²) >= 11 is 0. The number of carbonyl (C=O) groups is 3. The Balaban J connectivity index is 3.16. The molecule has 0 saturated carbocycles. The number of aliphatic hydroxyl groups excluding tert-OH is 1. The van der Waals surface area contributed by atoms with E-state index in [2.05, 4.69) is 0 Å². The largest absolute Gasteiger partial charge is 0.461 e. The molecular weight excluding hydrogens is 320 g/mol. The molecule has 0 aromatic heterocycles. The molecule has 7 atom stereocenters. The quantitative estimate of drug-likeness (QED) is 0.580. The molecule has 0 aromatic rings. The lowest BCUT2D eigenvalue weighted by atomic mass is 9.81. The molecule has 0 saturated heterocycles. The Morgan fingerprint density at radius 3 is 2.28 bits per heavy atom. The third-order valence-electron chi connectivity index (χ3n) is 5.36. The van der Waals surface area contributed by atoms with E-state index in [1.54, 1.807) is 19.1 Å². The zero-order valence-corrected chi connectivity index (χ0v) is 16.2. The molecule has 0 radical (unpaired) electrons. The maximum atomic E-state index is 12.6. The van der Waals surface area contributed by atoms with E-state index in [1.165, 1.54) is 6.92 Å². The van der Waals surface area contributed by atoms with Crippen LogP contribution in [0.3, 0.4) is 0 Å². The smallest absolute Gasteiger partial charge is 0.316 e. The van der Waals surface area contributed by atoms with Crippen LogP contribution in [0, 0.1) is 29.6 Å². The van der Waals surface area contributed by atoms with Crippen LogP contribution in [0.15, 0.2) is 12.2 Å². The second-order valence-corrected chi connectivity index (χ2v) is 7.52. The van der Waals surface area contributed by atoms with Crippen LogP contribution in [-0.4, -0.2) is 34.9 Å². The number of ketones is 2. The van der Waals surface area contributed by atoms with Gasteiger partial charge in [-0.05, 0) is 31.8 Å². The molecule has 0 fully saturated rings. The van der Waals surface area contributed by atoms with Crippen LogP contribution in [-0.2, 0) is 19.1 Å². The van der Waals surface area contributed by atoms with Crippen LogP contribution < -0.4 is 0 Å². The normalized spacial score (nSPS) is 40.3. The van der Waals surface area contributed by atoms with E-state index in [-0.39, 0.29) is 35.4 Å². The van der Waals surface area contributed by atoms with Crippen molar-refractivity contribution >= 4 is 17.5 Å². The molecule has 2 unspecified atom stereocenters. The summed E-state index contributed by atoms with van der Waals surface area (Å²) in [6.07, 6.45) is 3.12. The average Bonchev–Trinajstić information content (AvgIpc) is 2.59. The van der Waals surface area contributed by atoms with Gasteiger partial charge in [0.1, 0.15) is 12.0 Å². The van der Waals surface area contributed by atoms with Crippen molar-refractivity contribution in [2.24, 2.45) is 29.6 Å². The first-order valence-electron chi connectivity index (χ1n) is 9.24. The minimum absolute atomic E-state index is 0.0171. The summed E-state index contributed by atoms with van der Waals surface area (Å²) in [6, 6.07) is 0.